The highest BCUT2D eigenvalue weighted by atomic mass is 19.1. The lowest BCUT2D eigenvalue weighted by molar-refractivity contribution is -0.118. The van der Waals surface area contributed by atoms with E-state index in [1.165, 1.54) is 18.2 Å². The van der Waals surface area contributed by atoms with Crippen LogP contribution >= 0.6 is 0 Å². The number of nitrogens with two attached hydrogens (primary N) is 1. The van der Waals surface area contributed by atoms with Gasteiger partial charge in [-0.3, -0.25) is 9.59 Å². The molecule has 1 heterocycles. The molecule has 2 amide bonds. The van der Waals surface area contributed by atoms with Gasteiger partial charge in [0.05, 0.1) is 11.3 Å². The maximum absolute atomic E-state index is 13.6. The lowest BCUT2D eigenvalue weighted by atomic mass is 10.2. The summed E-state index contributed by atoms with van der Waals surface area (Å²) in [7, 11) is 0. The number of halogens is 1. The van der Waals surface area contributed by atoms with Crippen molar-refractivity contribution < 1.29 is 18.7 Å². The minimum atomic E-state index is -0.526. The molecule has 1 fully saturated rings. The van der Waals surface area contributed by atoms with Crippen LogP contribution in [0.1, 0.15) is 16.8 Å². The standard InChI is InChI=1S/C19H20FN3O3/c20-15-6-2-3-7-16(15)22-18(24)12-26-17-8-4-1-5-14(17)19(25)23-10-9-13(21)11-23/h1-8,13H,9-12,21H2,(H,22,24)/t13-/m1/s1. The molecular formula is C19H20FN3O3. The molecule has 7 heteroatoms. The molecule has 26 heavy (non-hydrogen) atoms. The van der Waals surface area contributed by atoms with Gasteiger partial charge in [0.15, 0.2) is 6.61 Å². The normalized spacial score (nSPS) is 16.4. The van der Waals surface area contributed by atoms with E-state index in [0.29, 0.717) is 24.4 Å². The number of ether oxygens (including phenoxy) is 1. The van der Waals surface area contributed by atoms with Crippen LogP contribution in [0.4, 0.5) is 10.1 Å². The Hall–Kier alpha value is -2.93. The number of likely N-dealkylation sites (tertiary alicyclic amines) is 1. The van der Waals surface area contributed by atoms with Crippen LogP contribution in [0.15, 0.2) is 48.5 Å². The predicted octanol–water partition coefficient (Wildman–Crippen LogP) is 2.02. The quantitative estimate of drug-likeness (QED) is 0.857. The number of carbonyl (C=O) groups is 2. The molecule has 136 valence electrons. The van der Waals surface area contributed by atoms with Crippen LogP contribution in [-0.4, -0.2) is 42.5 Å². The average molecular weight is 357 g/mol. The van der Waals surface area contributed by atoms with Crippen molar-refractivity contribution in [2.24, 2.45) is 5.73 Å². The van der Waals surface area contributed by atoms with Crippen LogP contribution in [0.2, 0.25) is 0 Å². The molecule has 1 aliphatic rings. The summed E-state index contributed by atoms with van der Waals surface area (Å²) in [6.07, 6.45) is 0.764. The fourth-order valence-electron chi connectivity index (χ4n) is 2.80. The number of nitrogens with zero attached hydrogens (tertiary/aromatic N) is 1. The third-order valence-electron chi connectivity index (χ3n) is 4.14. The molecule has 0 aromatic heterocycles. The first-order chi connectivity index (χ1) is 12.5. The van der Waals surface area contributed by atoms with E-state index >= 15 is 0 Å². The highest BCUT2D eigenvalue weighted by molar-refractivity contribution is 5.97. The zero-order chi connectivity index (χ0) is 18.5. The van der Waals surface area contributed by atoms with Crippen molar-refractivity contribution in [1.29, 1.82) is 0 Å². The molecule has 1 aliphatic heterocycles. The fraction of sp³-hybridized carbons (Fsp3) is 0.263. The molecule has 3 rings (SSSR count). The van der Waals surface area contributed by atoms with E-state index in [-0.39, 0.29) is 24.2 Å². The summed E-state index contributed by atoms with van der Waals surface area (Å²) in [5.74, 6) is -0.910. The number of anilines is 1. The number of para-hydroxylation sites is 2. The van der Waals surface area contributed by atoms with Gasteiger partial charge in [0.25, 0.3) is 11.8 Å². The number of benzene rings is 2. The number of amides is 2. The lowest BCUT2D eigenvalue weighted by Crippen LogP contribution is -2.32. The van der Waals surface area contributed by atoms with Crippen molar-refractivity contribution in [3.8, 4) is 5.75 Å². The molecule has 2 aromatic rings. The monoisotopic (exact) mass is 357 g/mol. The van der Waals surface area contributed by atoms with E-state index in [9.17, 15) is 14.0 Å². The van der Waals surface area contributed by atoms with Crippen LogP contribution in [0.5, 0.6) is 5.75 Å². The van der Waals surface area contributed by atoms with Crippen molar-refractivity contribution in [3.05, 3.63) is 59.9 Å². The molecule has 0 saturated carbocycles. The lowest BCUT2D eigenvalue weighted by Gasteiger charge is -2.18. The molecule has 2 aromatic carbocycles. The zero-order valence-corrected chi connectivity index (χ0v) is 14.2. The molecule has 1 saturated heterocycles. The third-order valence-corrected chi connectivity index (χ3v) is 4.14. The zero-order valence-electron chi connectivity index (χ0n) is 14.2. The van der Waals surface area contributed by atoms with Gasteiger partial charge in [0.2, 0.25) is 0 Å². The Balaban J connectivity index is 1.64. The van der Waals surface area contributed by atoms with E-state index in [2.05, 4.69) is 5.32 Å². The van der Waals surface area contributed by atoms with Gasteiger partial charge in [-0.15, -0.1) is 0 Å². The minimum absolute atomic E-state index is 0.0152. The Morgan fingerprint density at radius 1 is 1.19 bits per heavy atom. The maximum Gasteiger partial charge on any atom is 0.262 e. The molecule has 1 atom stereocenters. The van der Waals surface area contributed by atoms with Crippen LogP contribution < -0.4 is 15.8 Å². The number of rotatable bonds is 5. The summed E-state index contributed by atoms with van der Waals surface area (Å²) in [4.78, 5) is 26.3. The van der Waals surface area contributed by atoms with Gasteiger partial charge in [-0.05, 0) is 30.7 Å². The second-order valence-corrected chi connectivity index (χ2v) is 6.11. The molecule has 0 bridgehead atoms. The highest BCUT2D eigenvalue weighted by Crippen LogP contribution is 2.22. The van der Waals surface area contributed by atoms with E-state index in [4.69, 9.17) is 10.5 Å². The highest BCUT2D eigenvalue weighted by Gasteiger charge is 2.26. The topological polar surface area (TPSA) is 84.7 Å². The summed E-state index contributed by atoms with van der Waals surface area (Å²) < 4.78 is 19.1. The van der Waals surface area contributed by atoms with Gasteiger partial charge in [-0.2, -0.15) is 0 Å². The van der Waals surface area contributed by atoms with E-state index in [1.807, 2.05) is 0 Å². The average Bonchev–Trinajstić information content (AvgIpc) is 3.08. The van der Waals surface area contributed by atoms with Crippen molar-refractivity contribution in [1.82, 2.24) is 4.90 Å². The molecule has 0 spiro atoms. The summed E-state index contributed by atoms with van der Waals surface area (Å²) in [6.45, 7) is 0.765. The SMILES string of the molecule is N[C@@H]1CCN(C(=O)c2ccccc2OCC(=O)Nc2ccccc2F)C1. The van der Waals surface area contributed by atoms with Crippen molar-refractivity contribution in [2.75, 3.05) is 25.0 Å². The fourth-order valence-corrected chi connectivity index (χ4v) is 2.80. The first-order valence-electron chi connectivity index (χ1n) is 8.35. The maximum atomic E-state index is 13.6. The Labute approximate surface area is 150 Å². The number of hydrogen-bond donors (Lipinski definition) is 2. The van der Waals surface area contributed by atoms with Crippen molar-refractivity contribution >= 4 is 17.5 Å². The van der Waals surface area contributed by atoms with E-state index < -0.39 is 11.7 Å². The Morgan fingerprint density at radius 2 is 1.92 bits per heavy atom. The van der Waals surface area contributed by atoms with Gasteiger partial charge in [0.1, 0.15) is 11.6 Å². The first-order valence-corrected chi connectivity index (χ1v) is 8.35. The van der Waals surface area contributed by atoms with Crippen LogP contribution in [0.25, 0.3) is 0 Å². The van der Waals surface area contributed by atoms with Gasteiger partial charge in [0, 0.05) is 19.1 Å². The number of hydrogen-bond acceptors (Lipinski definition) is 4. The largest absolute Gasteiger partial charge is 0.483 e. The molecule has 3 N–H and O–H groups in total. The smallest absolute Gasteiger partial charge is 0.262 e. The number of nitrogens with one attached hydrogen (secondary N) is 1. The van der Waals surface area contributed by atoms with Gasteiger partial charge in [-0.1, -0.05) is 24.3 Å². The summed E-state index contributed by atoms with van der Waals surface area (Å²) in [5, 5.41) is 2.44. The van der Waals surface area contributed by atoms with E-state index in [1.54, 1.807) is 35.2 Å². The second-order valence-electron chi connectivity index (χ2n) is 6.11. The van der Waals surface area contributed by atoms with Crippen LogP contribution in [0.3, 0.4) is 0 Å². The third kappa shape index (κ3) is 4.18. The Bertz CT molecular complexity index is 812. The first kappa shape index (κ1) is 17.9. The predicted molar refractivity (Wildman–Crippen MR) is 95.5 cm³/mol. The molecule has 0 unspecified atom stereocenters. The molecular weight excluding hydrogens is 337 g/mol. The molecule has 0 aliphatic carbocycles. The Kier molecular flexibility index (Phi) is 5.48. The number of carbonyl (C=O) groups excluding carboxylic acids is 2. The summed E-state index contributed by atoms with van der Waals surface area (Å²) in [5.41, 5.74) is 6.31. The molecule has 6 nitrogen and oxygen atoms in total. The van der Waals surface area contributed by atoms with Gasteiger partial charge >= 0.3 is 0 Å². The van der Waals surface area contributed by atoms with E-state index in [0.717, 1.165) is 6.42 Å². The Morgan fingerprint density at radius 3 is 2.65 bits per heavy atom. The van der Waals surface area contributed by atoms with Crippen molar-refractivity contribution in [2.45, 2.75) is 12.5 Å². The summed E-state index contributed by atoms with van der Waals surface area (Å²) in [6, 6.07) is 12.6. The van der Waals surface area contributed by atoms with Gasteiger partial charge < -0.3 is 20.7 Å². The van der Waals surface area contributed by atoms with Crippen LogP contribution in [-0.2, 0) is 4.79 Å². The summed E-state index contributed by atoms with van der Waals surface area (Å²) >= 11 is 0. The van der Waals surface area contributed by atoms with Crippen LogP contribution in [0, 0.1) is 5.82 Å². The van der Waals surface area contributed by atoms with Gasteiger partial charge in [-0.25, -0.2) is 4.39 Å². The second kappa shape index (κ2) is 7.97. The minimum Gasteiger partial charge on any atom is -0.483 e. The van der Waals surface area contributed by atoms with Crippen molar-refractivity contribution in [3.63, 3.8) is 0 Å². The molecule has 0 radical (unpaired) electrons.